The number of carbonyl (C=O) groups is 1. The molecule has 0 saturated heterocycles. The highest BCUT2D eigenvalue weighted by Crippen LogP contribution is 2.33. The molecule has 170 valence electrons. The Bertz CT molecular complexity index is 1540. The van der Waals surface area contributed by atoms with Gasteiger partial charge in [-0.05, 0) is 30.3 Å². The van der Waals surface area contributed by atoms with Gasteiger partial charge in [-0.3, -0.25) is 4.79 Å². The van der Waals surface area contributed by atoms with Gasteiger partial charge >= 0.3 is 0 Å². The van der Waals surface area contributed by atoms with Crippen molar-refractivity contribution in [2.45, 2.75) is 0 Å². The molecule has 0 fully saturated rings. The second-order valence-electron chi connectivity index (χ2n) is 8.17. The van der Waals surface area contributed by atoms with Crippen LogP contribution in [0.3, 0.4) is 0 Å². The summed E-state index contributed by atoms with van der Waals surface area (Å²) in [4.78, 5) is 22.9. The van der Waals surface area contributed by atoms with E-state index >= 15 is 0 Å². The normalized spacial score (nSPS) is 12.3. The summed E-state index contributed by atoms with van der Waals surface area (Å²) in [7, 11) is 0. The van der Waals surface area contributed by atoms with Gasteiger partial charge in [-0.1, -0.05) is 60.7 Å². The number of amides is 1. The van der Waals surface area contributed by atoms with Gasteiger partial charge in [0.1, 0.15) is 13.2 Å². The van der Waals surface area contributed by atoms with Gasteiger partial charge in [0.15, 0.2) is 11.5 Å². The number of carbonyl (C=O) groups excluding carboxylic acids is 1. The first kappa shape index (κ1) is 20.9. The van der Waals surface area contributed by atoms with Crippen molar-refractivity contribution in [2.75, 3.05) is 18.5 Å². The number of aromatic nitrogens is 2. The molecule has 0 bridgehead atoms. The van der Waals surface area contributed by atoms with Crippen molar-refractivity contribution >= 4 is 22.6 Å². The molecule has 6 nitrogen and oxygen atoms in total. The number of hydrogen-bond donors (Lipinski definition) is 1. The monoisotopic (exact) mass is 459 g/mol. The van der Waals surface area contributed by atoms with Crippen molar-refractivity contribution in [1.82, 2.24) is 9.97 Å². The fourth-order valence-corrected chi connectivity index (χ4v) is 4.11. The number of rotatable bonds is 4. The molecule has 6 heteroatoms. The molecular weight excluding hydrogens is 438 g/mol. The molecule has 1 N–H and O–H groups in total. The van der Waals surface area contributed by atoms with Crippen LogP contribution >= 0.6 is 0 Å². The summed E-state index contributed by atoms with van der Waals surface area (Å²) >= 11 is 0. The molecule has 1 aliphatic rings. The lowest BCUT2D eigenvalue weighted by Gasteiger charge is -2.19. The van der Waals surface area contributed by atoms with E-state index in [1.165, 1.54) is 0 Å². The highest BCUT2D eigenvalue weighted by atomic mass is 16.6. The minimum atomic E-state index is -0.237. The Morgan fingerprint density at radius 2 is 1.29 bits per heavy atom. The Hall–Kier alpha value is -4.71. The zero-order valence-electron chi connectivity index (χ0n) is 18.8. The zero-order chi connectivity index (χ0) is 23.6. The van der Waals surface area contributed by atoms with Crippen LogP contribution in [0.25, 0.3) is 33.5 Å². The van der Waals surface area contributed by atoms with Gasteiger partial charge in [-0.2, -0.15) is 0 Å². The van der Waals surface area contributed by atoms with Gasteiger partial charge in [0.2, 0.25) is 0 Å². The van der Waals surface area contributed by atoms with Crippen LogP contribution in [0.2, 0.25) is 0 Å². The van der Waals surface area contributed by atoms with Crippen LogP contribution in [-0.2, 0) is 0 Å². The predicted octanol–water partition coefficient (Wildman–Crippen LogP) is 5.99. The highest BCUT2D eigenvalue weighted by Gasteiger charge is 2.16. The average Bonchev–Trinajstić information content (AvgIpc) is 2.93. The summed E-state index contributed by atoms with van der Waals surface area (Å²) < 4.78 is 11.2. The number of benzene rings is 4. The Morgan fingerprint density at radius 3 is 1.97 bits per heavy atom. The van der Waals surface area contributed by atoms with Crippen LogP contribution < -0.4 is 14.8 Å². The van der Waals surface area contributed by atoms with Gasteiger partial charge in [0, 0.05) is 28.4 Å². The van der Waals surface area contributed by atoms with Gasteiger partial charge < -0.3 is 14.8 Å². The molecule has 0 spiro atoms. The molecule has 0 radical (unpaired) electrons. The Labute approximate surface area is 202 Å². The summed E-state index contributed by atoms with van der Waals surface area (Å²) in [5.41, 5.74) is 6.03. The molecule has 6 rings (SSSR count). The van der Waals surface area contributed by atoms with Crippen LogP contribution in [0.4, 0.5) is 5.69 Å². The molecule has 1 amide bonds. The van der Waals surface area contributed by atoms with Gasteiger partial charge in [0.25, 0.3) is 5.91 Å². The first-order valence-corrected chi connectivity index (χ1v) is 11.4. The van der Waals surface area contributed by atoms with E-state index in [0.717, 1.165) is 28.0 Å². The smallest absolute Gasteiger partial charge is 0.255 e. The standard InChI is InChI=1S/C29H21N3O3/c33-29(30-22-12-14-25-26(18-22)35-16-15-34-25)21-11-13-23-24(17-21)32-28(20-9-5-2-6-10-20)27(31-23)19-7-3-1-4-8-19/h1-14,17-18H,15-16H2,(H,30,33). The summed E-state index contributed by atoms with van der Waals surface area (Å²) in [5.74, 6) is 1.07. The predicted molar refractivity (Wildman–Crippen MR) is 136 cm³/mol. The van der Waals surface area contributed by atoms with E-state index in [2.05, 4.69) is 5.32 Å². The Kier molecular flexibility index (Phi) is 5.31. The summed E-state index contributed by atoms with van der Waals surface area (Å²) in [6, 6.07) is 30.7. The van der Waals surface area contributed by atoms with Gasteiger partial charge in [0.05, 0.1) is 22.4 Å². The molecule has 1 aliphatic heterocycles. The molecule has 5 aromatic rings. The number of nitrogens with zero attached hydrogens (tertiary/aromatic N) is 2. The van der Waals surface area contributed by atoms with Crippen molar-refractivity contribution in [1.29, 1.82) is 0 Å². The molecule has 35 heavy (non-hydrogen) atoms. The maximum Gasteiger partial charge on any atom is 0.255 e. The third-order valence-corrected chi connectivity index (χ3v) is 5.82. The van der Waals surface area contributed by atoms with Crippen molar-refractivity contribution in [3.05, 3.63) is 103 Å². The minimum Gasteiger partial charge on any atom is -0.486 e. The first-order chi connectivity index (χ1) is 17.2. The van der Waals surface area contributed by atoms with Crippen molar-refractivity contribution < 1.29 is 14.3 Å². The third-order valence-electron chi connectivity index (χ3n) is 5.82. The molecule has 0 unspecified atom stereocenters. The third kappa shape index (κ3) is 4.17. The molecule has 1 aromatic heterocycles. The lowest BCUT2D eigenvalue weighted by molar-refractivity contribution is 0.102. The fourth-order valence-electron chi connectivity index (χ4n) is 4.11. The molecule has 0 aliphatic carbocycles. The molecular formula is C29H21N3O3. The van der Waals surface area contributed by atoms with E-state index < -0.39 is 0 Å². The van der Waals surface area contributed by atoms with Crippen LogP contribution in [0.5, 0.6) is 11.5 Å². The number of hydrogen-bond acceptors (Lipinski definition) is 5. The summed E-state index contributed by atoms with van der Waals surface area (Å²) in [6.07, 6.45) is 0. The molecule has 4 aromatic carbocycles. The van der Waals surface area contributed by atoms with Crippen molar-refractivity contribution in [2.24, 2.45) is 0 Å². The Balaban J connectivity index is 1.38. The quantitative estimate of drug-likeness (QED) is 0.358. The summed E-state index contributed by atoms with van der Waals surface area (Å²) in [5, 5.41) is 2.93. The largest absolute Gasteiger partial charge is 0.486 e. The average molecular weight is 460 g/mol. The maximum absolute atomic E-state index is 13.0. The number of anilines is 1. The highest BCUT2D eigenvalue weighted by molar-refractivity contribution is 6.06. The molecule has 0 saturated carbocycles. The lowest BCUT2D eigenvalue weighted by Crippen LogP contribution is -2.16. The van der Waals surface area contributed by atoms with E-state index in [-0.39, 0.29) is 5.91 Å². The molecule has 2 heterocycles. The van der Waals surface area contributed by atoms with Crippen molar-refractivity contribution in [3.63, 3.8) is 0 Å². The van der Waals surface area contributed by atoms with E-state index in [9.17, 15) is 4.79 Å². The second-order valence-corrected chi connectivity index (χ2v) is 8.17. The number of ether oxygens (including phenoxy) is 2. The van der Waals surface area contributed by atoms with E-state index in [4.69, 9.17) is 19.4 Å². The Morgan fingerprint density at radius 1 is 0.657 bits per heavy atom. The minimum absolute atomic E-state index is 0.237. The fraction of sp³-hybridized carbons (Fsp3) is 0.0690. The van der Waals surface area contributed by atoms with E-state index in [0.29, 0.717) is 41.5 Å². The number of fused-ring (bicyclic) bond motifs is 2. The number of nitrogens with one attached hydrogen (secondary N) is 1. The first-order valence-electron chi connectivity index (χ1n) is 11.4. The van der Waals surface area contributed by atoms with Crippen LogP contribution in [-0.4, -0.2) is 29.1 Å². The van der Waals surface area contributed by atoms with Crippen LogP contribution in [0, 0.1) is 0 Å². The van der Waals surface area contributed by atoms with E-state index in [1.807, 2.05) is 66.7 Å². The summed E-state index contributed by atoms with van der Waals surface area (Å²) in [6.45, 7) is 1.01. The van der Waals surface area contributed by atoms with Crippen molar-refractivity contribution in [3.8, 4) is 34.0 Å². The second kappa shape index (κ2) is 8.91. The van der Waals surface area contributed by atoms with Crippen LogP contribution in [0.1, 0.15) is 10.4 Å². The van der Waals surface area contributed by atoms with Gasteiger partial charge in [-0.15, -0.1) is 0 Å². The topological polar surface area (TPSA) is 73.3 Å². The van der Waals surface area contributed by atoms with E-state index in [1.54, 1.807) is 30.3 Å². The van der Waals surface area contributed by atoms with Gasteiger partial charge in [-0.25, -0.2) is 9.97 Å². The van der Waals surface area contributed by atoms with Crippen LogP contribution in [0.15, 0.2) is 97.1 Å². The lowest BCUT2D eigenvalue weighted by atomic mass is 10.0. The zero-order valence-corrected chi connectivity index (χ0v) is 18.8. The SMILES string of the molecule is O=C(Nc1ccc2c(c1)OCCO2)c1ccc2nc(-c3ccccc3)c(-c3ccccc3)nc2c1. The maximum atomic E-state index is 13.0. The molecule has 0 atom stereocenters.